The maximum atomic E-state index is 13.2. The van der Waals surface area contributed by atoms with E-state index in [0.717, 1.165) is 35.7 Å². The van der Waals surface area contributed by atoms with Gasteiger partial charge in [0.2, 0.25) is 5.78 Å². The second-order valence-electron chi connectivity index (χ2n) is 10.7. The predicted octanol–water partition coefficient (Wildman–Crippen LogP) is 6.24. The van der Waals surface area contributed by atoms with Crippen molar-refractivity contribution in [2.24, 2.45) is 5.92 Å². The number of carbonyl (C=O) groups excluding carboxylic acids is 2. The van der Waals surface area contributed by atoms with Gasteiger partial charge in [0.25, 0.3) is 0 Å². The van der Waals surface area contributed by atoms with Crippen LogP contribution in [0.1, 0.15) is 61.6 Å². The number of para-hydroxylation sites is 1. The minimum Gasteiger partial charge on any atom is -0.496 e. The lowest BCUT2D eigenvalue weighted by Gasteiger charge is -2.33. The van der Waals surface area contributed by atoms with Crippen molar-refractivity contribution < 1.29 is 23.8 Å². The number of Topliss-reactive ketones (excluding diaryl/α,β-unsaturated/α-hetero) is 1. The number of ether oxygens (including phenoxy) is 3. The summed E-state index contributed by atoms with van der Waals surface area (Å²) >= 11 is 0. The molecule has 2 aromatic carbocycles. The van der Waals surface area contributed by atoms with Crippen LogP contribution in [0.2, 0.25) is 0 Å². The highest BCUT2D eigenvalue weighted by Crippen LogP contribution is 2.41. The molecule has 1 N–H and O–H groups in total. The summed E-state index contributed by atoms with van der Waals surface area (Å²) in [5, 5.41) is 8.25. The fourth-order valence-electron chi connectivity index (χ4n) is 4.87. The van der Waals surface area contributed by atoms with Gasteiger partial charge in [-0.25, -0.2) is 4.79 Å². The Labute approximate surface area is 222 Å². The third kappa shape index (κ3) is 5.30. The van der Waals surface area contributed by atoms with E-state index in [4.69, 9.17) is 14.2 Å². The molecule has 38 heavy (non-hydrogen) atoms. The number of amides is 1. The minimum atomic E-state index is -0.490. The van der Waals surface area contributed by atoms with Crippen molar-refractivity contribution >= 4 is 34.9 Å². The quantitative estimate of drug-likeness (QED) is 0.405. The van der Waals surface area contributed by atoms with E-state index in [9.17, 15) is 9.59 Å². The van der Waals surface area contributed by atoms with Gasteiger partial charge in [-0.3, -0.25) is 9.89 Å². The number of hydrogen-bond donors (Lipinski definition) is 1. The largest absolute Gasteiger partial charge is 0.496 e. The second kappa shape index (κ2) is 10.4. The monoisotopic (exact) mass is 515 g/mol. The number of likely N-dealkylation sites (tertiary alicyclic amines) is 1. The van der Waals surface area contributed by atoms with Crippen LogP contribution in [0.15, 0.2) is 48.2 Å². The van der Waals surface area contributed by atoms with Crippen LogP contribution in [0.3, 0.4) is 0 Å². The minimum absolute atomic E-state index is 0.182. The summed E-state index contributed by atoms with van der Waals surface area (Å²) in [5.74, 6) is 1.64. The predicted molar refractivity (Wildman–Crippen MR) is 146 cm³/mol. The summed E-state index contributed by atoms with van der Waals surface area (Å²) in [4.78, 5) is 27.3. The molecule has 3 heterocycles. The Bertz CT molecular complexity index is 1420. The van der Waals surface area contributed by atoms with Crippen molar-refractivity contribution in [2.45, 2.75) is 45.6 Å². The van der Waals surface area contributed by atoms with Crippen molar-refractivity contribution in [1.82, 2.24) is 15.1 Å². The molecule has 0 bridgehead atoms. The molecule has 8 nitrogen and oxygen atoms in total. The van der Waals surface area contributed by atoms with Crippen LogP contribution in [-0.2, 0) is 4.74 Å². The first-order valence-corrected chi connectivity index (χ1v) is 13.0. The molecule has 1 aromatic heterocycles. The lowest BCUT2D eigenvalue weighted by molar-refractivity contribution is 0.0185. The fourth-order valence-corrected chi connectivity index (χ4v) is 4.87. The molecule has 0 atom stereocenters. The van der Waals surface area contributed by atoms with E-state index in [1.54, 1.807) is 30.2 Å². The van der Waals surface area contributed by atoms with Gasteiger partial charge in [0.1, 0.15) is 17.1 Å². The van der Waals surface area contributed by atoms with E-state index in [1.807, 2.05) is 51.1 Å². The Hall–Kier alpha value is -4.07. The van der Waals surface area contributed by atoms with Crippen LogP contribution < -0.4 is 9.47 Å². The highest BCUT2D eigenvalue weighted by molar-refractivity contribution is 6.15. The number of nitrogens with zero attached hydrogens (tertiary/aromatic N) is 2. The molecule has 5 rings (SSSR count). The molecule has 0 unspecified atom stereocenters. The van der Waals surface area contributed by atoms with E-state index in [0.29, 0.717) is 41.8 Å². The Kier molecular flexibility index (Phi) is 6.97. The number of benzene rings is 2. The number of allylic oxidation sites excluding steroid dienone is 2. The molecule has 198 valence electrons. The normalized spacial score (nSPS) is 17.3. The number of methoxy groups -OCH3 is 1. The SMILES string of the molecule is COc1ccc2c(c1/C=C/CC1CCN(C(=O)OC(C)(C)C)CC1)O/C(=C\c1n[nH]c3ccccc13)C2=O. The van der Waals surface area contributed by atoms with Crippen LogP contribution >= 0.6 is 0 Å². The number of aromatic nitrogens is 2. The molecule has 0 spiro atoms. The second-order valence-corrected chi connectivity index (χ2v) is 10.7. The standard InChI is InChI=1S/C30H33N3O5/c1-30(2,3)38-29(35)33-16-14-19(15-17-33)8-7-10-21-25(36-4)13-12-22-27(34)26(37-28(21)22)18-24-20-9-5-6-11-23(20)31-32-24/h5-7,9-13,18-19H,8,14-17H2,1-4H3,(H,31,32)/b10-7+,26-18-. The Morgan fingerprint density at radius 2 is 1.95 bits per heavy atom. The number of piperidine rings is 1. The zero-order valence-electron chi connectivity index (χ0n) is 22.2. The first-order valence-electron chi connectivity index (χ1n) is 13.0. The summed E-state index contributed by atoms with van der Waals surface area (Å²) < 4.78 is 17.2. The summed E-state index contributed by atoms with van der Waals surface area (Å²) in [7, 11) is 1.61. The maximum absolute atomic E-state index is 13.2. The van der Waals surface area contributed by atoms with Gasteiger partial charge in [-0.15, -0.1) is 0 Å². The molecule has 2 aliphatic rings. The molecule has 3 aromatic rings. The first-order chi connectivity index (χ1) is 18.2. The van der Waals surface area contributed by atoms with Crippen molar-refractivity contribution in [1.29, 1.82) is 0 Å². The van der Waals surface area contributed by atoms with Gasteiger partial charge < -0.3 is 19.1 Å². The van der Waals surface area contributed by atoms with Crippen molar-refractivity contribution in [2.75, 3.05) is 20.2 Å². The fraction of sp³-hybridized carbons (Fsp3) is 0.367. The first kappa shape index (κ1) is 25.6. The number of ketones is 1. The lowest BCUT2D eigenvalue weighted by atomic mass is 9.93. The van der Waals surface area contributed by atoms with E-state index in [-0.39, 0.29) is 17.6 Å². The average Bonchev–Trinajstić information content (AvgIpc) is 3.44. The van der Waals surface area contributed by atoms with Crippen molar-refractivity contribution in [3.05, 3.63) is 65.1 Å². The summed E-state index contributed by atoms with van der Waals surface area (Å²) in [5.41, 5.74) is 2.29. The molecule has 8 heteroatoms. The van der Waals surface area contributed by atoms with E-state index in [1.165, 1.54) is 0 Å². The van der Waals surface area contributed by atoms with Crippen LogP contribution in [0, 0.1) is 5.92 Å². The van der Waals surface area contributed by atoms with Gasteiger partial charge >= 0.3 is 6.09 Å². The van der Waals surface area contributed by atoms with Crippen molar-refractivity contribution in [3.8, 4) is 11.5 Å². The van der Waals surface area contributed by atoms with Gasteiger partial charge in [0.15, 0.2) is 5.76 Å². The number of H-pyrrole nitrogens is 1. The summed E-state index contributed by atoms with van der Waals surface area (Å²) in [6, 6.07) is 11.3. The topological polar surface area (TPSA) is 93.8 Å². The number of nitrogens with one attached hydrogen (secondary N) is 1. The molecular weight excluding hydrogens is 482 g/mol. The Balaban J connectivity index is 1.29. The molecule has 0 aliphatic carbocycles. The van der Waals surface area contributed by atoms with Crippen LogP contribution in [0.25, 0.3) is 23.1 Å². The number of hydrogen-bond acceptors (Lipinski definition) is 6. The van der Waals surface area contributed by atoms with Gasteiger partial charge in [-0.2, -0.15) is 5.10 Å². The highest BCUT2D eigenvalue weighted by Gasteiger charge is 2.31. The summed E-state index contributed by atoms with van der Waals surface area (Å²) in [6.07, 6.45) is 8.18. The Morgan fingerprint density at radius 1 is 1.18 bits per heavy atom. The molecular formula is C30H33N3O5. The van der Waals surface area contributed by atoms with Gasteiger partial charge in [-0.05, 0) is 64.2 Å². The molecule has 1 fully saturated rings. The molecule has 1 saturated heterocycles. The Morgan fingerprint density at radius 3 is 2.68 bits per heavy atom. The van der Waals surface area contributed by atoms with Crippen LogP contribution in [0.5, 0.6) is 11.5 Å². The number of fused-ring (bicyclic) bond motifs is 2. The van der Waals surface area contributed by atoms with Gasteiger partial charge in [0.05, 0.1) is 29.4 Å². The lowest BCUT2D eigenvalue weighted by Crippen LogP contribution is -2.41. The third-order valence-electron chi connectivity index (χ3n) is 6.84. The smallest absolute Gasteiger partial charge is 0.410 e. The molecule has 2 aliphatic heterocycles. The zero-order valence-corrected chi connectivity index (χ0v) is 22.2. The van der Waals surface area contributed by atoms with Gasteiger partial charge in [0, 0.05) is 24.6 Å². The maximum Gasteiger partial charge on any atom is 0.410 e. The molecule has 0 saturated carbocycles. The third-order valence-corrected chi connectivity index (χ3v) is 6.84. The number of rotatable bonds is 5. The highest BCUT2D eigenvalue weighted by atomic mass is 16.6. The van der Waals surface area contributed by atoms with Crippen LogP contribution in [0.4, 0.5) is 4.79 Å². The van der Waals surface area contributed by atoms with E-state index in [2.05, 4.69) is 16.3 Å². The van der Waals surface area contributed by atoms with Gasteiger partial charge in [-0.1, -0.05) is 30.4 Å². The molecule has 0 radical (unpaired) electrons. The van der Waals surface area contributed by atoms with E-state index >= 15 is 0 Å². The summed E-state index contributed by atoms with van der Waals surface area (Å²) in [6.45, 7) is 7.01. The molecule has 1 amide bonds. The number of carbonyl (C=O) groups is 2. The van der Waals surface area contributed by atoms with Crippen LogP contribution in [-0.4, -0.2) is 52.8 Å². The average molecular weight is 516 g/mol. The number of aromatic amines is 1. The van der Waals surface area contributed by atoms with E-state index < -0.39 is 5.60 Å². The van der Waals surface area contributed by atoms with Crippen molar-refractivity contribution in [3.63, 3.8) is 0 Å². The zero-order chi connectivity index (χ0) is 26.9.